The summed E-state index contributed by atoms with van der Waals surface area (Å²) in [5.41, 5.74) is 1.35. The largest absolute Gasteiger partial charge is 0.357 e. The fourth-order valence-corrected chi connectivity index (χ4v) is 3.92. The zero-order valence-corrected chi connectivity index (χ0v) is 20.9. The van der Waals surface area contributed by atoms with E-state index in [0.717, 1.165) is 68.1 Å². The van der Waals surface area contributed by atoms with Crippen molar-refractivity contribution in [1.82, 2.24) is 15.6 Å². The number of aryl methyl sites for hydroxylation is 1. The van der Waals surface area contributed by atoms with Crippen molar-refractivity contribution in [2.24, 2.45) is 4.99 Å². The summed E-state index contributed by atoms with van der Waals surface area (Å²) in [4.78, 5) is 11.6. The van der Waals surface area contributed by atoms with Gasteiger partial charge >= 0.3 is 0 Å². The Bertz CT molecular complexity index is 748. The van der Waals surface area contributed by atoms with Gasteiger partial charge in [0.15, 0.2) is 5.96 Å². The molecule has 1 fully saturated rings. The molecule has 2 aromatic rings. The Kier molecular flexibility index (Phi) is 10.8. The zero-order valence-electron chi connectivity index (χ0n) is 17.0. The normalized spacial score (nSPS) is 15.0. The molecule has 1 aromatic heterocycles. The first-order chi connectivity index (χ1) is 13.7. The van der Waals surface area contributed by atoms with Gasteiger partial charge in [-0.25, -0.2) is 4.98 Å². The lowest BCUT2D eigenvalue weighted by atomic mass is 10.1. The highest BCUT2D eigenvalue weighted by Gasteiger charge is 2.20. The van der Waals surface area contributed by atoms with Crippen molar-refractivity contribution < 1.29 is 0 Å². The van der Waals surface area contributed by atoms with Crippen LogP contribution in [0.2, 0.25) is 0 Å². The standard InChI is InChI=1S/C22H30BrN5.HI/c1-2-24-22(26-14-6-8-18-7-5-9-19(23)17-18)27-20-11-15-28(16-12-20)21-10-3-4-13-25-21;/h3-5,7,9-10,13,17,20H,2,6,8,11-12,14-16H2,1H3,(H2,24,26,27);1H. The molecule has 0 spiro atoms. The van der Waals surface area contributed by atoms with Crippen LogP contribution in [0.1, 0.15) is 31.7 Å². The van der Waals surface area contributed by atoms with Crippen molar-refractivity contribution in [2.45, 2.75) is 38.6 Å². The van der Waals surface area contributed by atoms with E-state index < -0.39 is 0 Å². The third kappa shape index (κ3) is 8.12. The van der Waals surface area contributed by atoms with Crippen LogP contribution in [0.25, 0.3) is 0 Å². The van der Waals surface area contributed by atoms with E-state index in [0.29, 0.717) is 6.04 Å². The first kappa shape index (κ1) is 23.9. The Morgan fingerprint density at radius 2 is 2.03 bits per heavy atom. The van der Waals surface area contributed by atoms with Crippen LogP contribution in [0.4, 0.5) is 5.82 Å². The van der Waals surface area contributed by atoms with Gasteiger partial charge in [-0.3, -0.25) is 4.99 Å². The molecule has 1 aliphatic heterocycles. The predicted octanol–water partition coefficient (Wildman–Crippen LogP) is 4.62. The van der Waals surface area contributed by atoms with Gasteiger partial charge in [-0.1, -0.05) is 34.1 Å². The van der Waals surface area contributed by atoms with Crippen LogP contribution in [0.5, 0.6) is 0 Å². The Balaban J connectivity index is 0.00000300. The highest BCUT2D eigenvalue weighted by molar-refractivity contribution is 14.0. The second kappa shape index (κ2) is 13.1. The smallest absolute Gasteiger partial charge is 0.191 e. The summed E-state index contributed by atoms with van der Waals surface area (Å²) in [6.07, 6.45) is 6.15. The first-order valence-electron chi connectivity index (χ1n) is 10.2. The van der Waals surface area contributed by atoms with Crippen molar-refractivity contribution in [3.63, 3.8) is 0 Å². The molecule has 0 radical (unpaired) electrons. The molecule has 1 saturated heterocycles. The number of halogens is 2. The minimum Gasteiger partial charge on any atom is -0.357 e. The van der Waals surface area contributed by atoms with Gasteiger partial charge < -0.3 is 15.5 Å². The third-order valence-corrected chi connectivity index (χ3v) is 5.43. The molecule has 0 saturated carbocycles. The number of aromatic nitrogens is 1. The Labute approximate surface area is 199 Å². The highest BCUT2D eigenvalue weighted by atomic mass is 127. The van der Waals surface area contributed by atoms with Crippen LogP contribution >= 0.6 is 39.9 Å². The number of hydrogen-bond acceptors (Lipinski definition) is 3. The number of guanidine groups is 1. The zero-order chi connectivity index (χ0) is 19.6. The van der Waals surface area contributed by atoms with Crippen LogP contribution in [0.15, 0.2) is 58.1 Å². The molecule has 7 heteroatoms. The number of piperidine rings is 1. The molecule has 0 unspecified atom stereocenters. The van der Waals surface area contributed by atoms with Crippen LogP contribution < -0.4 is 15.5 Å². The maximum Gasteiger partial charge on any atom is 0.191 e. The summed E-state index contributed by atoms with van der Waals surface area (Å²) in [5, 5.41) is 7.01. The Morgan fingerprint density at radius 3 is 2.72 bits per heavy atom. The van der Waals surface area contributed by atoms with Crippen molar-refractivity contribution in [1.29, 1.82) is 0 Å². The van der Waals surface area contributed by atoms with E-state index in [9.17, 15) is 0 Å². The van der Waals surface area contributed by atoms with Crippen molar-refractivity contribution in [3.8, 4) is 0 Å². The summed E-state index contributed by atoms with van der Waals surface area (Å²) in [6.45, 7) is 5.87. The van der Waals surface area contributed by atoms with Crippen molar-refractivity contribution in [2.75, 3.05) is 31.1 Å². The second-order valence-electron chi connectivity index (χ2n) is 7.09. The number of benzene rings is 1. The van der Waals surface area contributed by atoms with E-state index in [1.54, 1.807) is 0 Å². The van der Waals surface area contributed by atoms with Crippen LogP contribution in [0, 0.1) is 0 Å². The van der Waals surface area contributed by atoms with Crippen molar-refractivity contribution >= 4 is 51.7 Å². The van der Waals surface area contributed by atoms with Gasteiger partial charge in [0.1, 0.15) is 5.82 Å². The molecule has 1 aliphatic rings. The van der Waals surface area contributed by atoms with E-state index in [1.165, 1.54) is 5.56 Å². The molecule has 29 heavy (non-hydrogen) atoms. The minimum atomic E-state index is 0. The van der Waals surface area contributed by atoms with Gasteiger partial charge in [0.25, 0.3) is 0 Å². The maximum absolute atomic E-state index is 4.78. The Hall–Kier alpha value is -1.35. The highest BCUT2D eigenvalue weighted by Crippen LogP contribution is 2.17. The van der Waals surface area contributed by atoms with Crippen LogP contribution in [0.3, 0.4) is 0 Å². The maximum atomic E-state index is 4.78. The lowest BCUT2D eigenvalue weighted by Crippen LogP contribution is -2.49. The molecular weight excluding hydrogens is 541 g/mol. The van der Waals surface area contributed by atoms with E-state index in [2.05, 4.69) is 79.8 Å². The molecule has 2 heterocycles. The van der Waals surface area contributed by atoms with E-state index >= 15 is 0 Å². The molecule has 2 N–H and O–H groups in total. The van der Waals surface area contributed by atoms with Gasteiger partial charge in [-0.2, -0.15) is 0 Å². The molecule has 3 rings (SSSR count). The predicted molar refractivity (Wildman–Crippen MR) is 136 cm³/mol. The van der Waals surface area contributed by atoms with Gasteiger partial charge in [0, 0.05) is 42.9 Å². The number of nitrogens with one attached hydrogen (secondary N) is 2. The lowest BCUT2D eigenvalue weighted by Gasteiger charge is -2.33. The van der Waals surface area contributed by atoms with E-state index in [4.69, 9.17) is 4.99 Å². The minimum absolute atomic E-state index is 0. The molecule has 0 amide bonds. The SMILES string of the molecule is CCNC(=NCCCc1cccc(Br)c1)NC1CCN(c2ccccn2)CC1.I. The topological polar surface area (TPSA) is 52.6 Å². The van der Waals surface area contributed by atoms with Crippen LogP contribution in [-0.2, 0) is 6.42 Å². The number of nitrogens with zero attached hydrogens (tertiary/aromatic N) is 3. The first-order valence-corrected chi connectivity index (χ1v) is 11.0. The number of aliphatic imine (C=N–C) groups is 1. The van der Waals surface area contributed by atoms with Crippen molar-refractivity contribution in [3.05, 3.63) is 58.7 Å². The summed E-state index contributed by atoms with van der Waals surface area (Å²) in [5.74, 6) is 2.02. The molecule has 5 nitrogen and oxygen atoms in total. The number of rotatable bonds is 7. The molecular formula is C22H31BrIN5. The van der Waals surface area contributed by atoms with Gasteiger partial charge in [-0.15, -0.1) is 24.0 Å². The summed E-state index contributed by atoms with van der Waals surface area (Å²) >= 11 is 3.53. The quantitative estimate of drug-likeness (QED) is 0.220. The molecule has 158 valence electrons. The molecule has 0 atom stereocenters. The average molecular weight is 572 g/mol. The Morgan fingerprint density at radius 1 is 1.21 bits per heavy atom. The number of hydrogen-bond donors (Lipinski definition) is 2. The van der Waals surface area contributed by atoms with Gasteiger partial charge in [0.05, 0.1) is 0 Å². The van der Waals surface area contributed by atoms with E-state index in [-0.39, 0.29) is 24.0 Å². The molecule has 0 aliphatic carbocycles. The lowest BCUT2D eigenvalue weighted by molar-refractivity contribution is 0.459. The summed E-state index contributed by atoms with van der Waals surface area (Å²) < 4.78 is 1.14. The van der Waals surface area contributed by atoms with Gasteiger partial charge in [0.2, 0.25) is 0 Å². The summed E-state index contributed by atoms with van der Waals surface area (Å²) in [7, 11) is 0. The average Bonchev–Trinajstić information content (AvgIpc) is 2.72. The summed E-state index contributed by atoms with van der Waals surface area (Å²) in [6, 6.07) is 15.1. The van der Waals surface area contributed by atoms with Gasteiger partial charge in [-0.05, 0) is 62.4 Å². The number of pyridine rings is 1. The van der Waals surface area contributed by atoms with Crippen LogP contribution in [-0.4, -0.2) is 43.2 Å². The fourth-order valence-electron chi connectivity index (χ4n) is 3.47. The second-order valence-corrected chi connectivity index (χ2v) is 8.00. The third-order valence-electron chi connectivity index (χ3n) is 4.94. The fraction of sp³-hybridized carbons (Fsp3) is 0.455. The number of anilines is 1. The monoisotopic (exact) mass is 571 g/mol. The molecule has 1 aromatic carbocycles. The van der Waals surface area contributed by atoms with E-state index in [1.807, 2.05) is 12.3 Å². The molecule has 0 bridgehead atoms.